The Morgan fingerprint density at radius 2 is 1.09 bits per heavy atom. The Kier molecular flexibility index (Phi) is 4.08. The minimum Gasteiger partial charge on any atom is -1.00 e. The molecule has 6 atom stereocenters. The first-order valence-corrected chi connectivity index (χ1v) is 13.1. The molecule has 6 unspecified atom stereocenters. The molecule has 0 N–H and O–H groups in total. The van der Waals surface area contributed by atoms with Crippen LogP contribution < -0.4 is 12.4 Å². The molecule has 1 aliphatic heterocycles. The number of hydrogen-bond donors (Lipinski definition) is 0. The molecule has 120 valence electrons. The molecule has 1 saturated heterocycles. The third-order valence-electron chi connectivity index (χ3n) is 7.45. The smallest absolute Gasteiger partial charge is 1.00 e. The van der Waals surface area contributed by atoms with Crippen molar-refractivity contribution in [3.63, 3.8) is 0 Å². The number of rotatable bonds is 2. The maximum absolute atomic E-state index is 2.59. The van der Waals surface area contributed by atoms with Crippen molar-refractivity contribution in [1.29, 1.82) is 0 Å². The van der Waals surface area contributed by atoms with Crippen LogP contribution in [0.2, 0.25) is 17.9 Å². The molecule has 4 aliphatic carbocycles. The van der Waals surface area contributed by atoms with E-state index in [-0.39, 0.29) is 13.8 Å². The van der Waals surface area contributed by atoms with Gasteiger partial charge in [0.15, 0.2) is 0 Å². The Hall–Kier alpha value is -0.0357. The van der Waals surface area contributed by atoms with Crippen LogP contribution in [0, 0.1) is 23.7 Å². The van der Waals surface area contributed by atoms with Gasteiger partial charge in [-0.3, -0.25) is 0 Å². The maximum atomic E-state index is 2.59. The van der Waals surface area contributed by atoms with E-state index in [0.717, 1.165) is 23.7 Å². The Bertz CT molecular complexity index is 514. The van der Waals surface area contributed by atoms with Gasteiger partial charge >= 0.3 is 132 Å². The van der Waals surface area contributed by atoms with Gasteiger partial charge in [0.25, 0.3) is 0 Å². The van der Waals surface area contributed by atoms with Crippen molar-refractivity contribution in [3.05, 3.63) is 48.6 Å². The Labute approximate surface area is 146 Å². The van der Waals surface area contributed by atoms with Crippen molar-refractivity contribution in [1.82, 2.24) is 0 Å². The monoisotopic (exact) mass is 350 g/mol. The predicted octanol–water partition coefficient (Wildman–Crippen LogP) is 2.99. The van der Waals surface area contributed by atoms with Crippen molar-refractivity contribution in [3.8, 4) is 0 Å². The van der Waals surface area contributed by atoms with E-state index in [0.29, 0.717) is 0 Å². The van der Waals surface area contributed by atoms with E-state index in [9.17, 15) is 0 Å². The van der Waals surface area contributed by atoms with Gasteiger partial charge in [-0.1, -0.05) is 0 Å². The molecule has 0 aromatic carbocycles. The predicted molar refractivity (Wildman–Crippen MR) is 87.2 cm³/mol. The normalized spacial score (nSPS) is 46.2. The first kappa shape index (κ1) is 15.5. The molecule has 2 heteroatoms. The standard InChI is InChI=1S/2C9H11.C2H4.ClH.Ti.H/c2*1-2-5-9-7-3-6-8(9)4-1;1-2;;;/h2*1-2,4-6,8-9H,3,7H2;1-2H2;1H;;/q;;;;;-1/p-1. The average Bonchev–Trinajstić information content (AvgIpc) is 3.03. The van der Waals surface area contributed by atoms with Gasteiger partial charge in [-0.05, 0) is 0 Å². The third-order valence-corrected chi connectivity index (χ3v) is 16.7. The molecule has 0 aromatic heterocycles. The summed E-state index contributed by atoms with van der Waals surface area (Å²) in [7, 11) is 0. The summed E-state index contributed by atoms with van der Waals surface area (Å²) in [6, 6.07) is 0. The SMILES string of the molecule is C1=CC2CC[CH]([Ti]3([CH]4CCC5C=CC=CC54)[CH2][CH2]3)C2C=C1.[Cl-].[H-]. The van der Waals surface area contributed by atoms with Crippen molar-refractivity contribution in [2.45, 2.75) is 43.6 Å². The molecule has 0 spiro atoms. The van der Waals surface area contributed by atoms with Crippen molar-refractivity contribution in [2.24, 2.45) is 23.7 Å². The van der Waals surface area contributed by atoms with Crippen LogP contribution in [0.5, 0.6) is 0 Å². The molecule has 2 saturated carbocycles. The van der Waals surface area contributed by atoms with Gasteiger partial charge < -0.3 is 13.8 Å². The molecule has 3 fully saturated rings. The molecule has 0 radical (unpaired) electrons. The summed E-state index contributed by atoms with van der Waals surface area (Å²) >= 11 is -1.56. The fourth-order valence-electron chi connectivity index (χ4n) is 6.41. The Morgan fingerprint density at radius 1 is 0.636 bits per heavy atom. The van der Waals surface area contributed by atoms with Gasteiger partial charge in [0.05, 0.1) is 0 Å². The summed E-state index contributed by atoms with van der Waals surface area (Å²) < 4.78 is 5.74. The molecule has 0 amide bonds. The quantitative estimate of drug-likeness (QED) is 0.672. The zero-order valence-electron chi connectivity index (χ0n) is 14.2. The first-order chi connectivity index (χ1) is 10.4. The van der Waals surface area contributed by atoms with Gasteiger partial charge in [0, 0.05) is 0 Å². The van der Waals surface area contributed by atoms with Crippen LogP contribution in [-0.4, -0.2) is 0 Å². The van der Waals surface area contributed by atoms with Crippen LogP contribution in [0.3, 0.4) is 0 Å². The molecule has 1 heterocycles. The van der Waals surface area contributed by atoms with Gasteiger partial charge in [-0.15, -0.1) is 0 Å². The van der Waals surface area contributed by atoms with Crippen LogP contribution in [0.1, 0.15) is 27.1 Å². The van der Waals surface area contributed by atoms with E-state index < -0.39 is 16.6 Å². The zero-order chi connectivity index (χ0) is 13.9. The van der Waals surface area contributed by atoms with E-state index in [4.69, 9.17) is 0 Å². The summed E-state index contributed by atoms with van der Waals surface area (Å²) in [5.41, 5.74) is 0. The average molecular weight is 351 g/mol. The Morgan fingerprint density at radius 3 is 1.55 bits per heavy atom. The van der Waals surface area contributed by atoms with Gasteiger partial charge in [-0.25, -0.2) is 0 Å². The van der Waals surface area contributed by atoms with E-state index in [1.54, 1.807) is 22.3 Å². The number of allylic oxidation sites excluding steroid dienone is 8. The molecular weight excluding hydrogens is 324 g/mol. The molecule has 5 rings (SSSR count). The number of halogens is 1. The van der Waals surface area contributed by atoms with Gasteiger partial charge in [-0.2, -0.15) is 0 Å². The van der Waals surface area contributed by atoms with Crippen molar-refractivity contribution >= 4 is 0 Å². The van der Waals surface area contributed by atoms with Crippen LogP contribution in [0.25, 0.3) is 0 Å². The fraction of sp³-hybridized carbons (Fsp3) is 0.600. The van der Waals surface area contributed by atoms with E-state index in [2.05, 4.69) is 48.6 Å². The fourth-order valence-corrected chi connectivity index (χ4v) is 17.7. The summed E-state index contributed by atoms with van der Waals surface area (Å²) in [6.07, 6.45) is 25.6. The summed E-state index contributed by atoms with van der Waals surface area (Å²) in [4.78, 5) is 0. The first-order valence-electron chi connectivity index (χ1n) is 9.08. The van der Waals surface area contributed by atoms with E-state index in [1.165, 1.54) is 21.3 Å². The summed E-state index contributed by atoms with van der Waals surface area (Å²) in [5.74, 6) is 3.70. The largest absolute Gasteiger partial charge is 1.00 e. The number of fused-ring (bicyclic) bond motifs is 2. The molecule has 22 heavy (non-hydrogen) atoms. The van der Waals surface area contributed by atoms with Gasteiger partial charge in [0.2, 0.25) is 0 Å². The van der Waals surface area contributed by atoms with Crippen LogP contribution in [-0.2, 0) is 16.6 Å². The molecule has 0 aromatic rings. The van der Waals surface area contributed by atoms with Crippen molar-refractivity contribution < 1.29 is 30.4 Å². The van der Waals surface area contributed by atoms with Gasteiger partial charge in [0.1, 0.15) is 0 Å². The van der Waals surface area contributed by atoms with E-state index >= 15 is 0 Å². The van der Waals surface area contributed by atoms with E-state index in [1.807, 2.05) is 0 Å². The van der Waals surface area contributed by atoms with Crippen LogP contribution >= 0.6 is 0 Å². The molecule has 0 nitrogen and oxygen atoms in total. The van der Waals surface area contributed by atoms with Crippen molar-refractivity contribution in [2.75, 3.05) is 0 Å². The molecule has 5 aliphatic rings. The zero-order valence-corrected chi connectivity index (χ0v) is 15.5. The minimum atomic E-state index is -1.56. The summed E-state index contributed by atoms with van der Waals surface area (Å²) in [6.45, 7) is 0. The number of hydrogen-bond acceptors (Lipinski definition) is 0. The Balaban J connectivity index is 0.000000781. The maximum Gasteiger partial charge on any atom is -1.00 e. The summed E-state index contributed by atoms with van der Waals surface area (Å²) in [5, 5.41) is 0. The molecular formula is C20H27ClTi-2. The third kappa shape index (κ3) is 2.21. The van der Waals surface area contributed by atoms with Crippen LogP contribution in [0.15, 0.2) is 48.6 Å². The minimum absolute atomic E-state index is 0. The topological polar surface area (TPSA) is 0 Å². The molecule has 0 bridgehead atoms. The van der Waals surface area contributed by atoms with Crippen LogP contribution in [0.4, 0.5) is 0 Å². The second kappa shape index (κ2) is 5.80. The second-order valence-corrected chi connectivity index (χ2v) is 15.9. The second-order valence-electron chi connectivity index (χ2n) is 8.12.